The zero-order valence-corrected chi connectivity index (χ0v) is 11.9. The fourth-order valence-corrected chi connectivity index (χ4v) is 3.55. The Bertz CT molecular complexity index is 450. The second kappa shape index (κ2) is 6.02. The zero-order valence-electron chi connectivity index (χ0n) is 11.9. The molecule has 1 atom stereocenters. The summed E-state index contributed by atoms with van der Waals surface area (Å²) in [6, 6.07) is 5.61. The van der Waals surface area contributed by atoms with Gasteiger partial charge in [-0.05, 0) is 57.3 Å². The molecule has 1 unspecified atom stereocenters. The summed E-state index contributed by atoms with van der Waals surface area (Å²) in [6.45, 7) is 4.16. The van der Waals surface area contributed by atoms with Crippen molar-refractivity contribution in [2.45, 2.75) is 38.3 Å². The summed E-state index contributed by atoms with van der Waals surface area (Å²) >= 11 is 0. The molecule has 0 spiro atoms. The normalized spacial score (nSPS) is 25.1. The van der Waals surface area contributed by atoms with Gasteiger partial charge < -0.3 is 15.5 Å². The monoisotopic (exact) mass is 276 g/mol. The lowest BCUT2D eigenvalue weighted by atomic mass is 9.88. The molecule has 2 saturated heterocycles. The number of benzene rings is 1. The lowest BCUT2D eigenvalue weighted by molar-refractivity contribution is 0.156. The Labute approximate surface area is 120 Å². The molecule has 110 valence electrons. The van der Waals surface area contributed by atoms with Crippen molar-refractivity contribution >= 4 is 0 Å². The number of hydrogen-bond donors (Lipinski definition) is 3. The molecule has 3 rings (SSSR count). The number of nitrogens with one attached hydrogen (secondary N) is 1. The molecule has 2 heterocycles. The number of hydrogen-bond acceptors (Lipinski definition) is 4. The lowest BCUT2D eigenvalue weighted by Gasteiger charge is -2.35. The van der Waals surface area contributed by atoms with Gasteiger partial charge in [0.25, 0.3) is 0 Å². The summed E-state index contributed by atoms with van der Waals surface area (Å²) in [4.78, 5) is 2.40. The second-order valence-corrected chi connectivity index (χ2v) is 6.13. The molecular weight excluding hydrogens is 252 g/mol. The van der Waals surface area contributed by atoms with Gasteiger partial charge in [-0.2, -0.15) is 0 Å². The van der Waals surface area contributed by atoms with E-state index in [1.54, 1.807) is 6.07 Å². The van der Waals surface area contributed by atoms with Gasteiger partial charge >= 0.3 is 0 Å². The molecule has 0 amide bonds. The standard InChI is InChI=1S/C16H24N2O2/c19-14-4-3-13(16(20)10-14)11-18-8-5-12(6-9-18)15-2-1-7-17-15/h3-4,10,12,15,17,19-20H,1-2,5-9,11H2. The quantitative estimate of drug-likeness (QED) is 0.791. The van der Waals surface area contributed by atoms with E-state index in [0.29, 0.717) is 0 Å². The van der Waals surface area contributed by atoms with Gasteiger partial charge in [0.15, 0.2) is 0 Å². The highest BCUT2D eigenvalue weighted by Crippen LogP contribution is 2.28. The van der Waals surface area contributed by atoms with Crippen LogP contribution in [0.2, 0.25) is 0 Å². The van der Waals surface area contributed by atoms with Crippen LogP contribution in [0.5, 0.6) is 11.5 Å². The van der Waals surface area contributed by atoms with Crippen molar-refractivity contribution in [1.29, 1.82) is 0 Å². The van der Waals surface area contributed by atoms with E-state index in [9.17, 15) is 10.2 Å². The van der Waals surface area contributed by atoms with Gasteiger partial charge in [0.2, 0.25) is 0 Å². The van der Waals surface area contributed by atoms with E-state index in [-0.39, 0.29) is 11.5 Å². The molecule has 0 saturated carbocycles. The van der Waals surface area contributed by atoms with Crippen LogP contribution in [0.15, 0.2) is 18.2 Å². The fraction of sp³-hybridized carbons (Fsp3) is 0.625. The van der Waals surface area contributed by atoms with Gasteiger partial charge in [-0.1, -0.05) is 6.07 Å². The van der Waals surface area contributed by atoms with E-state index < -0.39 is 0 Å². The van der Waals surface area contributed by atoms with Crippen LogP contribution in [0.25, 0.3) is 0 Å². The minimum atomic E-state index is 0.122. The smallest absolute Gasteiger partial charge is 0.123 e. The van der Waals surface area contributed by atoms with Crippen molar-refractivity contribution in [3.63, 3.8) is 0 Å². The van der Waals surface area contributed by atoms with Crippen molar-refractivity contribution in [2.75, 3.05) is 19.6 Å². The summed E-state index contributed by atoms with van der Waals surface area (Å²) in [5.41, 5.74) is 0.903. The van der Waals surface area contributed by atoms with E-state index >= 15 is 0 Å². The van der Waals surface area contributed by atoms with Crippen LogP contribution in [0, 0.1) is 5.92 Å². The third-order valence-electron chi connectivity index (χ3n) is 4.76. The molecule has 4 nitrogen and oxygen atoms in total. The Hall–Kier alpha value is -1.26. The highest BCUT2D eigenvalue weighted by Gasteiger charge is 2.28. The molecule has 4 heteroatoms. The van der Waals surface area contributed by atoms with Crippen molar-refractivity contribution in [1.82, 2.24) is 10.2 Å². The Balaban J connectivity index is 1.53. The first-order chi connectivity index (χ1) is 9.72. The Kier molecular flexibility index (Phi) is 4.13. The van der Waals surface area contributed by atoms with Crippen molar-refractivity contribution in [3.05, 3.63) is 23.8 Å². The molecule has 0 bridgehead atoms. The molecule has 0 aromatic heterocycles. The Morgan fingerprint density at radius 2 is 1.95 bits per heavy atom. The number of phenols is 2. The van der Waals surface area contributed by atoms with E-state index in [1.165, 1.54) is 38.3 Å². The first kappa shape index (κ1) is 13.7. The first-order valence-electron chi connectivity index (χ1n) is 7.69. The molecule has 2 aliphatic heterocycles. The number of nitrogens with zero attached hydrogens (tertiary/aromatic N) is 1. The third-order valence-corrected chi connectivity index (χ3v) is 4.76. The fourth-order valence-electron chi connectivity index (χ4n) is 3.55. The average molecular weight is 276 g/mol. The van der Waals surface area contributed by atoms with Crippen molar-refractivity contribution in [2.24, 2.45) is 5.92 Å². The maximum absolute atomic E-state index is 9.85. The van der Waals surface area contributed by atoms with E-state index in [0.717, 1.165) is 37.2 Å². The molecule has 0 radical (unpaired) electrons. The van der Waals surface area contributed by atoms with Crippen LogP contribution in [-0.2, 0) is 6.54 Å². The molecule has 2 fully saturated rings. The number of aromatic hydroxyl groups is 2. The molecule has 2 aliphatic rings. The molecule has 20 heavy (non-hydrogen) atoms. The minimum Gasteiger partial charge on any atom is -0.508 e. The number of phenolic OH excluding ortho intramolecular Hbond substituents is 2. The summed E-state index contributed by atoms with van der Waals surface area (Å²) < 4.78 is 0. The predicted octanol–water partition coefficient (Wildman–Crippen LogP) is 2.06. The topological polar surface area (TPSA) is 55.7 Å². The largest absolute Gasteiger partial charge is 0.508 e. The van der Waals surface area contributed by atoms with Gasteiger partial charge in [0.05, 0.1) is 0 Å². The van der Waals surface area contributed by atoms with Gasteiger partial charge in [-0.25, -0.2) is 0 Å². The maximum atomic E-state index is 9.85. The molecule has 0 aliphatic carbocycles. The number of rotatable bonds is 3. The highest BCUT2D eigenvalue weighted by atomic mass is 16.3. The van der Waals surface area contributed by atoms with E-state index in [1.807, 2.05) is 6.07 Å². The summed E-state index contributed by atoms with van der Waals surface area (Å²) in [5, 5.41) is 22.8. The summed E-state index contributed by atoms with van der Waals surface area (Å²) in [5.74, 6) is 1.14. The van der Waals surface area contributed by atoms with Crippen LogP contribution >= 0.6 is 0 Å². The molecule has 3 N–H and O–H groups in total. The van der Waals surface area contributed by atoms with Crippen molar-refractivity contribution in [3.8, 4) is 11.5 Å². The van der Waals surface area contributed by atoms with E-state index in [4.69, 9.17) is 0 Å². The van der Waals surface area contributed by atoms with Gasteiger partial charge in [0, 0.05) is 24.2 Å². The van der Waals surface area contributed by atoms with E-state index in [2.05, 4.69) is 10.2 Å². The van der Waals surface area contributed by atoms with Crippen molar-refractivity contribution < 1.29 is 10.2 Å². The number of likely N-dealkylation sites (tertiary alicyclic amines) is 1. The van der Waals surface area contributed by atoms with Crippen LogP contribution < -0.4 is 5.32 Å². The van der Waals surface area contributed by atoms with Crippen LogP contribution in [0.4, 0.5) is 0 Å². The average Bonchev–Trinajstić information content (AvgIpc) is 2.97. The Morgan fingerprint density at radius 3 is 2.60 bits per heavy atom. The molecule has 1 aromatic rings. The van der Waals surface area contributed by atoms with Crippen LogP contribution in [0.3, 0.4) is 0 Å². The van der Waals surface area contributed by atoms with Gasteiger partial charge in [-0.3, -0.25) is 4.90 Å². The molecular formula is C16H24N2O2. The molecule has 1 aromatic carbocycles. The summed E-state index contributed by atoms with van der Waals surface area (Å²) in [6.07, 6.45) is 5.16. The third kappa shape index (κ3) is 3.07. The van der Waals surface area contributed by atoms with Gasteiger partial charge in [-0.15, -0.1) is 0 Å². The van der Waals surface area contributed by atoms with Crippen LogP contribution in [0.1, 0.15) is 31.2 Å². The first-order valence-corrected chi connectivity index (χ1v) is 7.69. The highest BCUT2D eigenvalue weighted by molar-refractivity contribution is 5.38. The van der Waals surface area contributed by atoms with Crippen LogP contribution in [-0.4, -0.2) is 40.8 Å². The zero-order chi connectivity index (χ0) is 13.9. The second-order valence-electron chi connectivity index (χ2n) is 6.13. The summed E-state index contributed by atoms with van der Waals surface area (Å²) in [7, 11) is 0. The van der Waals surface area contributed by atoms with Gasteiger partial charge in [0.1, 0.15) is 11.5 Å². The minimum absolute atomic E-state index is 0.122. The Morgan fingerprint density at radius 1 is 1.15 bits per heavy atom. The maximum Gasteiger partial charge on any atom is 0.123 e. The SMILES string of the molecule is Oc1ccc(CN2CCC(C3CCCN3)CC2)c(O)c1. The predicted molar refractivity (Wildman–Crippen MR) is 78.8 cm³/mol. The number of piperidine rings is 1. The lowest BCUT2D eigenvalue weighted by Crippen LogP contribution is -2.40.